The van der Waals surface area contributed by atoms with Gasteiger partial charge >= 0.3 is 5.97 Å². The number of benzene rings is 1. The first-order valence-electron chi connectivity index (χ1n) is 22.5. The average Bonchev–Trinajstić information content (AvgIpc) is 3.93. The normalized spacial score (nSPS) is 16.2. The second kappa shape index (κ2) is 21.3. The lowest BCUT2D eigenvalue weighted by Crippen LogP contribution is -2.49. The molecule has 0 radical (unpaired) electrons. The molecule has 354 valence electrons. The molecule has 3 aromatic heterocycles. The van der Waals surface area contributed by atoms with Crippen molar-refractivity contribution < 1.29 is 43.3 Å². The monoisotopic (exact) mass is 937 g/mol. The fourth-order valence-electron chi connectivity index (χ4n) is 8.33. The molecule has 0 unspecified atom stereocenters. The molecule has 3 aliphatic rings. The third kappa shape index (κ3) is 11.0. The number of hydrogen-bond donors (Lipinski definition) is 7. The minimum absolute atomic E-state index is 0.0228. The number of H-pyrrole nitrogens is 1. The number of amides is 4. The van der Waals surface area contributed by atoms with Crippen LogP contribution in [-0.2, 0) is 53.9 Å². The number of nitrogens with one attached hydrogen (secondary N) is 5. The van der Waals surface area contributed by atoms with Crippen molar-refractivity contribution in [3.05, 3.63) is 73.5 Å². The standard InChI is InChI=1S/C47H55N9O10S/c1-4-47(63)32-18-35-41-30(23-56(35)44(61)31(32)24-64-45(47)62)28(29-17-36-37(66-25-65-36)19-34(29)54-41)12-10-16-49-39(58)22-51-42(59)33(48)13-8-9-15-50-43(60)40(26(2)3)55-38(57)14-7-5-6-11-27-20-52-46(67)53-21-27/h17-21,26,33,40,63H,4-5,7-10,12-16,22-25,48H2,1-3H3,(H,49,58)(H,50,60)(H,51,59)(H,55,57)(H,52,53,67)/t33-,40-,47-/m0/s1. The topological polar surface area (TPSA) is 271 Å². The van der Waals surface area contributed by atoms with Crippen molar-refractivity contribution in [3.63, 3.8) is 0 Å². The Kier molecular flexibility index (Phi) is 15.3. The lowest BCUT2D eigenvalue weighted by molar-refractivity contribution is -0.172. The molecule has 4 amide bonds. The zero-order valence-corrected chi connectivity index (χ0v) is 38.5. The molecule has 0 spiro atoms. The van der Waals surface area contributed by atoms with Gasteiger partial charge in [0.1, 0.15) is 12.6 Å². The zero-order valence-electron chi connectivity index (χ0n) is 37.7. The average molecular weight is 938 g/mol. The second-order valence-corrected chi connectivity index (χ2v) is 17.4. The van der Waals surface area contributed by atoms with E-state index in [-0.39, 0.29) is 80.3 Å². The van der Waals surface area contributed by atoms with Gasteiger partial charge in [-0.3, -0.25) is 24.0 Å². The smallest absolute Gasteiger partial charge is 0.343 e. The van der Waals surface area contributed by atoms with Crippen LogP contribution in [0.15, 0.2) is 35.4 Å². The van der Waals surface area contributed by atoms with E-state index in [9.17, 15) is 33.9 Å². The van der Waals surface area contributed by atoms with Gasteiger partial charge in [0.2, 0.25) is 30.4 Å². The lowest BCUT2D eigenvalue weighted by Gasteiger charge is -2.31. The summed E-state index contributed by atoms with van der Waals surface area (Å²) < 4.78 is 18.5. The summed E-state index contributed by atoms with van der Waals surface area (Å²) in [6.07, 6.45) is 6.94. The van der Waals surface area contributed by atoms with Gasteiger partial charge < -0.3 is 55.9 Å². The van der Waals surface area contributed by atoms with Crippen LogP contribution in [0.1, 0.15) is 100.0 Å². The van der Waals surface area contributed by atoms with Crippen molar-refractivity contribution in [2.75, 3.05) is 26.4 Å². The maximum absolute atomic E-state index is 13.8. The molecular weight excluding hydrogens is 883 g/mol. The Morgan fingerprint density at radius 3 is 2.51 bits per heavy atom. The number of aliphatic hydroxyl groups is 1. The number of carbonyl (C=O) groups is 5. The molecular formula is C47H55N9O10S. The number of ether oxygens (including phenoxy) is 3. The van der Waals surface area contributed by atoms with E-state index in [1.165, 1.54) is 0 Å². The SMILES string of the molecule is CC[C@@]1(O)C(=O)OCc2c1cc1n(c2=O)Cc2c-1nc1cc3c(cc1c2CCCNC(=O)CNC(=O)[C@@H](N)CCCCNC(=O)[C@@H](NC(=O)CCCC#Cc1cnc(=S)[nH]c1)C(C)C)OCO3. The van der Waals surface area contributed by atoms with E-state index in [0.717, 1.165) is 16.5 Å². The molecule has 8 N–H and O–H groups in total. The van der Waals surface area contributed by atoms with Gasteiger partial charge in [0, 0.05) is 60.9 Å². The van der Waals surface area contributed by atoms with Crippen LogP contribution < -0.4 is 42.0 Å². The summed E-state index contributed by atoms with van der Waals surface area (Å²) in [6.45, 7) is 5.74. The molecule has 0 bridgehead atoms. The minimum atomic E-state index is -1.96. The molecule has 20 heteroatoms. The van der Waals surface area contributed by atoms with E-state index < -0.39 is 35.5 Å². The fourth-order valence-corrected chi connectivity index (χ4v) is 8.44. The number of rotatable bonds is 19. The number of unbranched alkanes of at least 4 members (excludes halogenated alkanes) is 2. The van der Waals surface area contributed by atoms with Crippen molar-refractivity contribution in [1.82, 2.24) is 40.8 Å². The number of esters is 1. The van der Waals surface area contributed by atoms with Gasteiger partial charge in [-0.2, -0.15) is 0 Å². The molecule has 6 heterocycles. The largest absolute Gasteiger partial charge is 0.458 e. The van der Waals surface area contributed by atoms with E-state index in [1.54, 1.807) is 36.0 Å². The quantitative estimate of drug-likeness (QED) is 0.0271. The predicted octanol–water partition coefficient (Wildman–Crippen LogP) is 2.40. The number of cyclic esters (lactones) is 1. The van der Waals surface area contributed by atoms with Crippen molar-refractivity contribution in [1.29, 1.82) is 0 Å². The summed E-state index contributed by atoms with van der Waals surface area (Å²) in [5, 5.41) is 23.2. The number of hydrogen-bond acceptors (Lipinski definition) is 14. The van der Waals surface area contributed by atoms with Gasteiger partial charge in [0.05, 0.1) is 47.2 Å². The third-order valence-corrected chi connectivity index (χ3v) is 12.3. The zero-order chi connectivity index (χ0) is 47.8. The summed E-state index contributed by atoms with van der Waals surface area (Å²) in [5.41, 5.74) is 8.27. The summed E-state index contributed by atoms with van der Waals surface area (Å²) >= 11 is 4.92. The Morgan fingerprint density at radius 2 is 1.76 bits per heavy atom. The molecule has 3 aliphatic heterocycles. The Labute approximate surface area is 391 Å². The van der Waals surface area contributed by atoms with Crippen LogP contribution in [0.4, 0.5) is 0 Å². The summed E-state index contributed by atoms with van der Waals surface area (Å²) in [6, 6.07) is 3.75. The van der Waals surface area contributed by atoms with E-state index in [0.29, 0.717) is 90.2 Å². The van der Waals surface area contributed by atoms with Gasteiger partial charge in [0.25, 0.3) is 5.56 Å². The molecule has 19 nitrogen and oxygen atoms in total. The predicted molar refractivity (Wildman–Crippen MR) is 247 cm³/mol. The molecule has 3 atom stereocenters. The summed E-state index contributed by atoms with van der Waals surface area (Å²) in [7, 11) is 0. The molecule has 0 aliphatic carbocycles. The molecule has 0 saturated heterocycles. The van der Waals surface area contributed by atoms with Crippen molar-refractivity contribution in [3.8, 4) is 34.7 Å². The number of fused-ring (bicyclic) bond motifs is 6. The first-order chi connectivity index (χ1) is 32.2. The van der Waals surface area contributed by atoms with E-state index in [4.69, 9.17) is 37.1 Å². The van der Waals surface area contributed by atoms with Gasteiger partial charge in [-0.1, -0.05) is 32.6 Å². The Balaban J connectivity index is 0.843. The van der Waals surface area contributed by atoms with Crippen LogP contribution in [0.3, 0.4) is 0 Å². The van der Waals surface area contributed by atoms with E-state index in [2.05, 4.69) is 43.1 Å². The molecule has 7 rings (SSSR count). The summed E-state index contributed by atoms with van der Waals surface area (Å²) in [5.74, 6) is 4.72. The van der Waals surface area contributed by atoms with Crippen LogP contribution in [0.2, 0.25) is 0 Å². The Morgan fingerprint density at radius 1 is 0.985 bits per heavy atom. The van der Waals surface area contributed by atoms with Gasteiger partial charge in [0.15, 0.2) is 21.9 Å². The number of nitrogens with zero attached hydrogens (tertiary/aromatic N) is 3. The van der Waals surface area contributed by atoms with E-state index in [1.807, 2.05) is 19.9 Å². The third-order valence-electron chi connectivity index (χ3n) is 12.1. The van der Waals surface area contributed by atoms with Gasteiger partial charge in [-0.25, -0.2) is 14.8 Å². The molecule has 4 aromatic rings. The minimum Gasteiger partial charge on any atom is -0.458 e. The highest BCUT2D eigenvalue weighted by molar-refractivity contribution is 7.71. The highest BCUT2D eigenvalue weighted by atomic mass is 32.1. The molecule has 0 fully saturated rings. The van der Waals surface area contributed by atoms with Crippen LogP contribution in [0, 0.1) is 22.5 Å². The van der Waals surface area contributed by atoms with Crippen LogP contribution in [0.25, 0.3) is 22.3 Å². The van der Waals surface area contributed by atoms with Gasteiger partial charge in [-0.05, 0) is 80.8 Å². The molecule has 0 saturated carbocycles. The maximum atomic E-state index is 13.8. The Bertz CT molecular complexity index is 2760. The lowest BCUT2D eigenvalue weighted by atomic mass is 9.86. The Hall–Kier alpha value is -6.69. The fraction of sp³-hybridized carbons (Fsp3) is 0.468. The van der Waals surface area contributed by atoms with Crippen LogP contribution >= 0.6 is 12.2 Å². The number of aromatic amines is 1. The van der Waals surface area contributed by atoms with Crippen LogP contribution in [-0.4, -0.2) is 92.7 Å². The highest BCUT2D eigenvalue weighted by Crippen LogP contribution is 2.43. The van der Waals surface area contributed by atoms with Crippen LogP contribution in [0.5, 0.6) is 11.5 Å². The molecule has 67 heavy (non-hydrogen) atoms. The summed E-state index contributed by atoms with van der Waals surface area (Å²) in [4.78, 5) is 89.4. The highest BCUT2D eigenvalue weighted by Gasteiger charge is 2.45. The van der Waals surface area contributed by atoms with Gasteiger partial charge in [-0.15, -0.1) is 0 Å². The van der Waals surface area contributed by atoms with Crippen molar-refractivity contribution in [2.45, 2.75) is 109 Å². The van der Waals surface area contributed by atoms with E-state index >= 15 is 0 Å². The maximum Gasteiger partial charge on any atom is 0.343 e. The number of nitrogens with two attached hydrogens (primary N) is 1. The van der Waals surface area contributed by atoms with Crippen molar-refractivity contribution in [2.24, 2.45) is 11.7 Å². The number of carbonyl (C=O) groups excluding carboxylic acids is 5. The molecule has 1 aromatic carbocycles. The number of aromatic nitrogens is 4. The number of pyridine rings is 2. The second-order valence-electron chi connectivity index (χ2n) is 17.1. The number of aryl methyl sites for hydroxylation is 1. The first-order valence-corrected chi connectivity index (χ1v) is 22.9. The first kappa shape index (κ1) is 48.2. The van der Waals surface area contributed by atoms with Crippen molar-refractivity contribution >= 4 is 52.7 Å².